The summed E-state index contributed by atoms with van der Waals surface area (Å²) in [7, 11) is -4.13. The molecule has 0 fully saturated rings. The molecule has 0 aliphatic heterocycles. The molecule has 0 spiro atoms. The fourth-order valence-electron chi connectivity index (χ4n) is 3.16. The van der Waals surface area contributed by atoms with Crippen LogP contribution in [-0.4, -0.2) is 14.3 Å². The molecule has 4 aromatic rings. The topological polar surface area (TPSA) is 93.4 Å². The third-order valence-corrected chi connectivity index (χ3v) is 6.96. The van der Waals surface area contributed by atoms with Crippen molar-refractivity contribution in [2.75, 3.05) is 0 Å². The zero-order chi connectivity index (χ0) is 22.9. The molecule has 6 nitrogen and oxygen atoms in total. The highest BCUT2D eigenvalue weighted by Crippen LogP contribution is 2.24. The van der Waals surface area contributed by atoms with Gasteiger partial charge in [0.2, 0.25) is 9.84 Å². The molecule has 1 N–H and O–H groups in total. The normalized spacial score (nSPS) is 11.4. The number of aryl methyl sites for hydroxylation is 1. The maximum absolute atomic E-state index is 12.9. The van der Waals surface area contributed by atoms with Crippen LogP contribution in [-0.2, 0) is 16.4 Å². The van der Waals surface area contributed by atoms with E-state index in [1.165, 1.54) is 48.5 Å². The van der Waals surface area contributed by atoms with E-state index in [1.807, 2.05) is 31.2 Å². The number of sulfone groups is 1. The standard InChI is InChI=1S/C24H18ClNO5S/c1-15-2-4-16(5-3-15)14-26-23(27)17-6-11-21-18(12-17)13-22(24(28)31-21)32(29,30)20-9-7-19(25)8-10-20/h2-13H,14H2,1H3,(H,26,27). The molecule has 1 amide bonds. The van der Waals surface area contributed by atoms with E-state index >= 15 is 0 Å². The summed E-state index contributed by atoms with van der Waals surface area (Å²) in [5.74, 6) is -0.333. The molecule has 0 saturated carbocycles. The maximum Gasteiger partial charge on any atom is 0.355 e. The summed E-state index contributed by atoms with van der Waals surface area (Å²) in [6.45, 7) is 2.33. The van der Waals surface area contributed by atoms with Crippen molar-refractivity contribution in [3.8, 4) is 0 Å². The Morgan fingerprint density at radius 3 is 2.34 bits per heavy atom. The first-order valence-corrected chi connectivity index (χ1v) is 11.5. The molecule has 1 aromatic heterocycles. The minimum Gasteiger partial charge on any atom is -0.422 e. The van der Waals surface area contributed by atoms with E-state index in [4.69, 9.17) is 16.0 Å². The van der Waals surface area contributed by atoms with Crippen molar-refractivity contribution in [1.29, 1.82) is 0 Å². The van der Waals surface area contributed by atoms with E-state index < -0.39 is 20.4 Å². The van der Waals surface area contributed by atoms with Gasteiger partial charge >= 0.3 is 5.63 Å². The second-order valence-electron chi connectivity index (χ2n) is 7.28. The van der Waals surface area contributed by atoms with Crippen molar-refractivity contribution in [2.45, 2.75) is 23.3 Å². The van der Waals surface area contributed by atoms with E-state index in [1.54, 1.807) is 0 Å². The van der Waals surface area contributed by atoms with Crippen LogP contribution >= 0.6 is 11.6 Å². The number of carbonyl (C=O) groups excluding carboxylic acids is 1. The van der Waals surface area contributed by atoms with Gasteiger partial charge in [0.15, 0.2) is 4.90 Å². The third-order valence-electron chi connectivity index (χ3n) is 4.95. The van der Waals surface area contributed by atoms with Gasteiger partial charge in [0.05, 0.1) is 4.90 Å². The van der Waals surface area contributed by atoms with Crippen LogP contribution in [0.15, 0.2) is 91.8 Å². The highest BCUT2D eigenvalue weighted by atomic mass is 35.5. The van der Waals surface area contributed by atoms with Gasteiger partial charge < -0.3 is 9.73 Å². The van der Waals surface area contributed by atoms with Gasteiger partial charge in [-0.3, -0.25) is 4.79 Å². The van der Waals surface area contributed by atoms with Gasteiger partial charge in [0.1, 0.15) is 5.58 Å². The quantitative estimate of drug-likeness (QED) is 0.435. The lowest BCUT2D eigenvalue weighted by Gasteiger charge is -2.08. The number of rotatable bonds is 5. The highest BCUT2D eigenvalue weighted by molar-refractivity contribution is 7.91. The van der Waals surface area contributed by atoms with Crippen molar-refractivity contribution >= 4 is 38.3 Å². The average molecular weight is 468 g/mol. The molecule has 8 heteroatoms. The molecule has 0 atom stereocenters. The number of halogens is 1. The second kappa shape index (κ2) is 8.61. The van der Waals surface area contributed by atoms with Gasteiger partial charge in [-0.25, -0.2) is 13.2 Å². The van der Waals surface area contributed by atoms with Crippen LogP contribution in [0.3, 0.4) is 0 Å². The zero-order valence-corrected chi connectivity index (χ0v) is 18.5. The fraction of sp³-hybridized carbons (Fsp3) is 0.0833. The van der Waals surface area contributed by atoms with E-state index in [-0.39, 0.29) is 16.4 Å². The molecule has 0 radical (unpaired) electrons. The molecule has 0 bridgehead atoms. The van der Waals surface area contributed by atoms with Gasteiger partial charge in [-0.1, -0.05) is 41.4 Å². The smallest absolute Gasteiger partial charge is 0.355 e. The Bertz CT molecular complexity index is 1470. The lowest BCUT2D eigenvalue weighted by atomic mass is 10.1. The Labute approximate surface area is 189 Å². The van der Waals surface area contributed by atoms with Gasteiger partial charge in [-0.05, 0) is 61.0 Å². The summed E-state index contributed by atoms with van der Waals surface area (Å²) in [6.07, 6.45) is 0. The summed E-state index contributed by atoms with van der Waals surface area (Å²) in [6, 6.07) is 19.0. The van der Waals surface area contributed by atoms with Crippen LogP contribution in [0.2, 0.25) is 5.02 Å². The van der Waals surface area contributed by atoms with E-state index in [9.17, 15) is 18.0 Å². The Kier molecular flexibility index (Phi) is 5.86. The molecular formula is C24H18ClNO5S. The van der Waals surface area contributed by atoms with Crippen LogP contribution in [0, 0.1) is 6.92 Å². The first-order valence-electron chi connectivity index (χ1n) is 9.66. The number of hydrogen-bond acceptors (Lipinski definition) is 5. The van der Waals surface area contributed by atoms with E-state index in [2.05, 4.69) is 5.32 Å². The maximum atomic E-state index is 12.9. The monoisotopic (exact) mass is 467 g/mol. The van der Waals surface area contributed by atoms with E-state index in [0.717, 1.165) is 11.1 Å². The Balaban J connectivity index is 1.65. The Morgan fingerprint density at radius 2 is 1.66 bits per heavy atom. The molecule has 1 heterocycles. The molecule has 162 valence electrons. The van der Waals surface area contributed by atoms with Crippen molar-refractivity contribution in [3.05, 3.63) is 105 Å². The minimum atomic E-state index is -4.13. The second-order valence-corrected chi connectivity index (χ2v) is 9.63. The highest BCUT2D eigenvalue weighted by Gasteiger charge is 2.23. The predicted molar refractivity (Wildman–Crippen MR) is 122 cm³/mol. The number of carbonyl (C=O) groups is 1. The van der Waals surface area contributed by atoms with Crippen molar-refractivity contribution in [1.82, 2.24) is 5.32 Å². The zero-order valence-electron chi connectivity index (χ0n) is 17.0. The summed E-state index contributed by atoms with van der Waals surface area (Å²) >= 11 is 5.82. The summed E-state index contributed by atoms with van der Waals surface area (Å²) in [5, 5.41) is 3.52. The third kappa shape index (κ3) is 4.44. The van der Waals surface area contributed by atoms with Crippen LogP contribution < -0.4 is 10.9 Å². The van der Waals surface area contributed by atoms with Gasteiger partial charge in [-0.15, -0.1) is 0 Å². The molecule has 0 saturated heterocycles. The lowest BCUT2D eigenvalue weighted by Crippen LogP contribution is -2.22. The molecule has 3 aromatic carbocycles. The van der Waals surface area contributed by atoms with Crippen LogP contribution in [0.5, 0.6) is 0 Å². The molecule has 4 rings (SSSR count). The number of amides is 1. The number of nitrogens with one attached hydrogen (secondary N) is 1. The van der Waals surface area contributed by atoms with Crippen molar-refractivity contribution in [2.24, 2.45) is 0 Å². The van der Waals surface area contributed by atoms with Crippen LogP contribution in [0.4, 0.5) is 0 Å². The predicted octanol–water partition coefficient (Wildman–Crippen LogP) is 4.52. The average Bonchev–Trinajstić information content (AvgIpc) is 2.78. The minimum absolute atomic E-state index is 0.0828. The van der Waals surface area contributed by atoms with E-state index in [0.29, 0.717) is 22.5 Å². The largest absolute Gasteiger partial charge is 0.422 e. The SMILES string of the molecule is Cc1ccc(CNC(=O)c2ccc3oc(=O)c(S(=O)(=O)c4ccc(Cl)cc4)cc3c2)cc1. The van der Waals surface area contributed by atoms with Crippen LogP contribution in [0.25, 0.3) is 11.0 Å². The van der Waals surface area contributed by atoms with Gasteiger partial charge in [-0.2, -0.15) is 0 Å². The van der Waals surface area contributed by atoms with Gasteiger partial charge in [0, 0.05) is 22.5 Å². The van der Waals surface area contributed by atoms with Crippen LogP contribution in [0.1, 0.15) is 21.5 Å². The number of benzene rings is 3. The molecular weight excluding hydrogens is 450 g/mol. The van der Waals surface area contributed by atoms with Crippen molar-refractivity contribution < 1.29 is 17.6 Å². The molecule has 32 heavy (non-hydrogen) atoms. The Hall–Kier alpha value is -3.42. The first kappa shape index (κ1) is 21.8. The number of hydrogen-bond donors (Lipinski definition) is 1. The fourth-order valence-corrected chi connectivity index (χ4v) is 4.58. The first-order chi connectivity index (χ1) is 15.2. The summed E-state index contributed by atoms with van der Waals surface area (Å²) in [5.41, 5.74) is 1.59. The summed E-state index contributed by atoms with van der Waals surface area (Å²) < 4.78 is 31.1. The molecule has 0 aliphatic carbocycles. The lowest BCUT2D eigenvalue weighted by molar-refractivity contribution is 0.0951. The number of fused-ring (bicyclic) bond motifs is 1. The Morgan fingerprint density at radius 1 is 0.969 bits per heavy atom. The molecule has 0 unspecified atom stereocenters. The van der Waals surface area contributed by atoms with Crippen molar-refractivity contribution in [3.63, 3.8) is 0 Å². The summed E-state index contributed by atoms with van der Waals surface area (Å²) in [4.78, 5) is 24.4. The van der Waals surface area contributed by atoms with Gasteiger partial charge in [0.25, 0.3) is 5.91 Å². The molecule has 0 aliphatic rings.